The molecule has 1 saturated heterocycles. The number of rotatable bonds is 6. The minimum atomic E-state index is -0.643. The van der Waals surface area contributed by atoms with Crippen molar-refractivity contribution in [2.45, 2.75) is 13.3 Å². The minimum Gasteiger partial charge on any atom is -0.455 e. The van der Waals surface area contributed by atoms with Gasteiger partial charge in [0.25, 0.3) is 5.91 Å². The molecular weight excluding hydrogens is 408 g/mol. The molecule has 1 atom stereocenters. The SMILES string of the molecule is CC(=O)c1cccc(NC(=O)COC(=O)[C@H]2CC(=O)N(c3cccc4ccccc34)C2)c1. The number of Topliss-reactive ketones (excluding diaryl/α,β-unsaturated/α-hetero) is 1. The smallest absolute Gasteiger partial charge is 0.311 e. The Hall–Kier alpha value is -4.00. The lowest BCUT2D eigenvalue weighted by molar-refractivity contribution is -0.151. The molecule has 2 amide bonds. The fraction of sp³-hybridized carbons (Fsp3) is 0.200. The molecule has 3 aromatic rings. The standard InChI is InChI=1S/C25H22N2O5/c1-16(28)18-8-4-9-20(12-18)26-23(29)15-32-25(31)19-13-24(30)27(14-19)22-11-5-7-17-6-2-3-10-21(17)22/h2-12,19H,13-15H2,1H3,(H,26,29)/t19-/m0/s1. The first-order valence-corrected chi connectivity index (χ1v) is 10.3. The molecule has 0 unspecified atom stereocenters. The zero-order chi connectivity index (χ0) is 22.7. The zero-order valence-electron chi connectivity index (χ0n) is 17.5. The highest BCUT2D eigenvalue weighted by Crippen LogP contribution is 2.32. The van der Waals surface area contributed by atoms with E-state index in [0.29, 0.717) is 11.3 Å². The Morgan fingerprint density at radius 3 is 2.59 bits per heavy atom. The van der Waals surface area contributed by atoms with Crippen molar-refractivity contribution < 1.29 is 23.9 Å². The number of benzene rings is 3. The molecule has 1 fully saturated rings. The molecule has 0 bridgehead atoms. The predicted octanol–water partition coefficient (Wildman–Crippen LogP) is 3.58. The molecule has 0 saturated carbocycles. The van der Waals surface area contributed by atoms with Crippen LogP contribution in [0.15, 0.2) is 66.7 Å². The van der Waals surface area contributed by atoms with Crippen molar-refractivity contribution >= 4 is 45.7 Å². The Morgan fingerprint density at radius 2 is 1.78 bits per heavy atom. The number of hydrogen-bond acceptors (Lipinski definition) is 5. The molecule has 1 N–H and O–H groups in total. The molecular formula is C25H22N2O5. The lowest BCUT2D eigenvalue weighted by Gasteiger charge is -2.18. The van der Waals surface area contributed by atoms with E-state index in [0.717, 1.165) is 16.5 Å². The average molecular weight is 430 g/mol. The Labute approximate surface area is 185 Å². The van der Waals surface area contributed by atoms with Gasteiger partial charge in [-0.25, -0.2) is 0 Å². The van der Waals surface area contributed by atoms with E-state index in [-0.39, 0.29) is 24.7 Å². The van der Waals surface area contributed by atoms with Crippen molar-refractivity contribution in [3.63, 3.8) is 0 Å². The van der Waals surface area contributed by atoms with Crippen molar-refractivity contribution in [2.24, 2.45) is 5.92 Å². The van der Waals surface area contributed by atoms with Gasteiger partial charge in [-0.1, -0.05) is 48.5 Å². The van der Waals surface area contributed by atoms with E-state index in [1.807, 2.05) is 42.5 Å². The van der Waals surface area contributed by atoms with Crippen LogP contribution in [-0.2, 0) is 19.1 Å². The summed E-state index contributed by atoms with van der Waals surface area (Å²) < 4.78 is 5.16. The van der Waals surface area contributed by atoms with Crippen LogP contribution in [0.5, 0.6) is 0 Å². The van der Waals surface area contributed by atoms with Gasteiger partial charge in [0.05, 0.1) is 11.6 Å². The summed E-state index contributed by atoms with van der Waals surface area (Å²) in [6.45, 7) is 1.17. The Bertz CT molecular complexity index is 1210. The number of anilines is 2. The van der Waals surface area contributed by atoms with Gasteiger partial charge in [-0.15, -0.1) is 0 Å². The van der Waals surface area contributed by atoms with Crippen LogP contribution in [0.3, 0.4) is 0 Å². The number of nitrogens with one attached hydrogen (secondary N) is 1. The molecule has 1 aliphatic rings. The van der Waals surface area contributed by atoms with Gasteiger partial charge in [0, 0.05) is 29.6 Å². The third-order valence-corrected chi connectivity index (χ3v) is 5.41. The molecule has 1 aliphatic heterocycles. The highest BCUT2D eigenvalue weighted by Gasteiger charge is 2.36. The highest BCUT2D eigenvalue weighted by atomic mass is 16.5. The van der Waals surface area contributed by atoms with Gasteiger partial charge < -0.3 is 15.0 Å². The number of ether oxygens (including phenoxy) is 1. The molecule has 0 aromatic heterocycles. The van der Waals surface area contributed by atoms with Crippen molar-refractivity contribution in [3.05, 3.63) is 72.3 Å². The van der Waals surface area contributed by atoms with E-state index >= 15 is 0 Å². The van der Waals surface area contributed by atoms with Crippen LogP contribution in [0.25, 0.3) is 10.8 Å². The number of amides is 2. The third-order valence-electron chi connectivity index (χ3n) is 5.41. The lowest BCUT2D eigenvalue weighted by Crippen LogP contribution is -2.28. The number of fused-ring (bicyclic) bond motifs is 1. The van der Waals surface area contributed by atoms with Gasteiger partial charge in [-0.2, -0.15) is 0 Å². The molecule has 7 heteroatoms. The van der Waals surface area contributed by atoms with Gasteiger partial charge in [0.2, 0.25) is 5.91 Å². The van der Waals surface area contributed by atoms with E-state index in [2.05, 4.69) is 5.32 Å². The monoisotopic (exact) mass is 430 g/mol. The first-order chi connectivity index (χ1) is 15.4. The Kier molecular flexibility index (Phi) is 5.98. The summed E-state index contributed by atoms with van der Waals surface area (Å²) in [6.07, 6.45) is 0.0321. The fourth-order valence-electron chi connectivity index (χ4n) is 3.81. The van der Waals surface area contributed by atoms with E-state index in [9.17, 15) is 19.2 Å². The van der Waals surface area contributed by atoms with Crippen LogP contribution in [-0.4, -0.2) is 36.7 Å². The molecule has 1 heterocycles. The summed E-state index contributed by atoms with van der Waals surface area (Å²) in [6, 6.07) is 20.0. The molecule has 0 radical (unpaired) electrons. The molecule has 3 aromatic carbocycles. The van der Waals surface area contributed by atoms with E-state index in [4.69, 9.17) is 4.74 Å². The van der Waals surface area contributed by atoms with Crippen molar-refractivity contribution in [3.8, 4) is 0 Å². The van der Waals surface area contributed by atoms with Gasteiger partial charge in [-0.05, 0) is 30.5 Å². The summed E-state index contributed by atoms with van der Waals surface area (Å²) in [5, 5.41) is 4.54. The maximum Gasteiger partial charge on any atom is 0.311 e. The zero-order valence-corrected chi connectivity index (χ0v) is 17.5. The van der Waals surface area contributed by atoms with E-state index in [1.54, 1.807) is 29.2 Å². The summed E-state index contributed by atoms with van der Waals surface area (Å²) >= 11 is 0. The van der Waals surface area contributed by atoms with E-state index in [1.165, 1.54) is 6.92 Å². The summed E-state index contributed by atoms with van der Waals surface area (Å²) in [5.41, 5.74) is 1.67. The summed E-state index contributed by atoms with van der Waals surface area (Å²) in [4.78, 5) is 50.3. The van der Waals surface area contributed by atoms with E-state index < -0.39 is 24.4 Å². The number of carbonyl (C=O) groups is 4. The van der Waals surface area contributed by atoms with Gasteiger partial charge in [0.1, 0.15) is 0 Å². The van der Waals surface area contributed by atoms with Gasteiger partial charge in [-0.3, -0.25) is 19.2 Å². The second-order valence-corrected chi connectivity index (χ2v) is 7.70. The maximum atomic E-state index is 12.6. The molecule has 4 rings (SSSR count). The number of ketones is 1. The maximum absolute atomic E-state index is 12.6. The lowest BCUT2D eigenvalue weighted by atomic mass is 10.1. The summed E-state index contributed by atoms with van der Waals surface area (Å²) in [7, 11) is 0. The molecule has 0 spiro atoms. The fourth-order valence-corrected chi connectivity index (χ4v) is 3.81. The third kappa shape index (κ3) is 4.51. The first kappa shape index (κ1) is 21.2. The average Bonchev–Trinajstić information content (AvgIpc) is 3.18. The number of nitrogens with zero attached hydrogens (tertiary/aromatic N) is 1. The number of hydrogen-bond donors (Lipinski definition) is 1. The quantitative estimate of drug-likeness (QED) is 0.477. The first-order valence-electron chi connectivity index (χ1n) is 10.3. The second kappa shape index (κ2) is 9.01. The van der Waals surface area contributed by atoms with Gasteiger partial charge in [0.15, 0.2) is 12.4 Å². The minimum absolute atomic E-state index is 0.0321. The van der Waals surface area contributed by atoms with Crippen LogP contribution >= 0.6 is 0 Å². The molecule has 7 nitrogen and oxygen atoms in total. The van der Waals surface area contributed by atoms with Crippen LogP contribution < -0.4 is 10.2 Å². The molecule has 32 heavy (non-hydrogen) atoms. The van der Waals surface area contributed by atoms with Crippen LogP contribution in [0.4, 0.5) is 11.4 Å². The molecule has 0 aliphatic carbocycles. The van der Waals surface area contributed by atoms with Crippen LogP contribution in [0.1, 0.15) is 23.7 Å². The Balaban J connectivity index is 1.36. The largest absolute Gasteiger partial charge is 0.455 e. The normalized spacial score (nSPS) is 15.6. The Morgan fingerprint density at radius 1 is 1.03 bits per heavy atom. The van der Waals surface area contributed by atoms with Crippen LogP contribution in [0.2, 0.25) is 0 Å². The second-order valence-electron chi connectivity index (χ2n) is 7.70. The van der Waals surface area contributed by atoms with Crippen LogP contribution in [0, 0.1) is 5.92 Å². The van der Waals surface area contributed by atoms with Gasteiger partial charge >= 0.3 is 5.97 Å². The predicted molar refractivity (Wildman–Crippen MR) is 120 cm³/mol. The van der Waals surface area contributed by atoms with Crippen molar-refractivity contribution in [1.29, 1.82) is 0 Å². The van der Waals surface area contributed by atoms with Crippen molar-refractivity contribution in [2.75, 3.05) is 23.4 Å². The number of esters is 1. The number of carbonyl (C=O) groups excluding carboxylic acids is 4. The van der Waals surface area contributed by atoms with Crippen molar-refractivity contribution in [1.82, 2.24) is 0 Å². The summed E-state index contributed by atoms with van der Waals surface area (Å²) in [5.74, 6) is -2.03. The highest BCUT2D eigenvalue weighted by molar-refractivity contribution is 6.06. The topological polar surface area (TPSA) is 92.8 Å². The molecule has 162 valence electrons.